The van der Waals surface area contributed by atoms with Crippen molar-refractivity contribution in [2.75, 3.05) is 45.2 Å². The van der Waals surface area contributed by atoms with E-state index in [0.29, 0.717) is 17.5 Å². The SMILES string of the molecule is COCCN1CCC(CNC(=O)c2ccc(NC3CC3)nc2)CC1. The first-order chi connectivity index (χ1) is 11.7. The van der Waals surface area contributed by atoms with Gasteiger partial charge in [0, 0.05) is 32.4 Å². The number of anilines is 1. The Morgan fingerprint density at radius 1 is 1.29 bits per heavy atom. The number of hydrogen-bond acceptors (Lipinski definition) is 5. The van der Waals surface area contributed by atoms with Gasteiger partial charge in [-0.3, -0.25) is 4.79 Å². The largest absolute Gasteiger partial charge is 0.383 e. The molecule has 1 saturated heterocycles. The number of amides is 1. The third-order valence-electron chi connectivity index (χ3n) is 4.83. The number of carbonyl (C=O) groups is 1. The average Bonchev–Trinajstić information content (AvgIpc) is 3.43. The van der Waals surface area contributed by atoms with E-state index in [9.17, 15) is 4.79 Å². The molecule has 1 amide bonds. The monoisotopic (exact) mass is 332 g/mol. The van der Waals surface area contributed by atoms with Crippen molar-refractivity contribution in [1.82, 2.24) is 15.2 Å². The maximum absolute atomic E-state index is 12.2. The number of ether oxygens (including phenoxy) is 1. The lowest BCUT2D eigenvalue weighted by molar-refractivity contribution is 0.0925. The first kappa shape index (κ1) is 17.2. The third kappa shape index (κ3) is 5.18. The van der Waals surface area contributed by atoms with Crippen LogP contribution in [-0.4, -0.2) is 61.7 Å². The van der Waals surface area contributed by atoms with Crippen LogP contribution in [0.5, 0.6) is 0 Å². The predicted molar refractivity (Wildman–Crippen MR) is 94.3 cm³/mol. The number of nitrogens with zero attached hydrogens (tertiary/aromatic N) is 2. The van der Waals surface area contributed by atoms with Crippen LogP contribution in [0.1, 0.15) is 36.0 Å². The second-order valence-electron chi connectivity index (χ2n) is 6.84. The molecule has 2 aliphatic rings. The second kappa shape index (κ2) is 8.44. The fourth-order valence-corrected chi connectivity index (χ4v) is 3.02. The average molecular weight is 332 g/mol. The Hall–Kier alpha value is -1.66. The molecule has 1 aromatic rings. The molecule has 2 N–H and O–H groups in total. The highest BCUT2D eigenvalue weighted by Crippen LogP contribution is 2.23. The van der Waals surface area contributed by atoms with Crippen molar-refractivity contribution in [3.05, 3.63) is 23.9 Å². The summed E-state index contributed by atoms with van der Waals surface area (Å²) in [6, 6.07) is 4.31. The maximum Gasteiger partial charge on any atom is 0.252 e. The lowest BCUT2D eigenvalue weighted by Crippen LogP contribution is -2.39. The summed E-state index contributed by atoms with van der Waals surface area (Å²) in [7, 11) is 1.74. The van der Waals surface area contributed by atoms with Crippen molar-refractivity contribution in [2.24, 2.45) is 5.92 Å². The van der Waals surface area contributed by atoms with Crippen LogP contribution in [0.2, 0.25) is 0 Å². The fourth-order valence-electron chi connectivity index (χ4n) is 3.02. The molecule has 2 heterocycles. The van der Waals surface area contributed by atoms with E-state index in [2.05, 4.69) is 20.5 Å². The van der Waals surface area contributed by atoms with Gasteiger partial charge in [0.2, 0.25) is 0 Å². The van der Waals surface area contributed by atoms with E-state index < -0.39 is 0 Å². The molecule has 3 rings (SSSR count). The van der Waals surface area contributed by atoms with Gasteiger partial charge < -0.3 is 20.3 Å². The zero-order valence-corrected chi connectivity index (χ0v) is 14.5. The zero-order valence-electron chi connectivity index (χ0n) is 14.5. The lowest BCUT2D eigenvalue weighted by Gasteiger charge is -2.31. The minimum Gasteiger partial charge on any atom is -0.383 e. The summed E-state index contributed by atoms with van der Waals surface area (Å²) in [6.07, 6.45) is 6.36. The molecule has 0 bridgehead atoms. The Morgan fingerprint density at radius 3 is 2.71 bits per heavy atom. The molecule has 2 fully saturated rings. The number of methoxy groups -OCH3 is 1. The van der Waals surface area contributed by atoms with Gasteiger partial charge in [-0.05, 0) is 56.8 Å². The highest BCUT2D eigenvalue weighted by Gasteiger charge is 2.22. The molecule has 0 atom stereocenters. The molecule has 132 valence electrons. The minimum absolute atomic E-state index is 0.0257. The molecule has 0 unspecified atom stereocenters. The molecule has 0 spiro atoms. The van der Waals surface area contributed by atoms with Crippen LogP contribution >= 0.6 is 0 Å². The Morgan fingerprint density at radius 2 is 2.08 bits per heavy atom. The number of piperidine rings is 1. The standard InChI is InChI=1S/C18H28N4O2/c1-24-11-10-22-8-6-14(7-9-22)12-20-18(23)15-2-5-17(19-13-15)21-16-3-4-16/h2,5,13-14,16H,3-4,6-12H2,1H3,(H,19,21)(H,20,23). The second-order valence-corrected chi connectivity index (χ2v) is 6.84. The lowest BCUT2D eigenvalue weighted by atomic mass is 9.96. The van der Waals surface area contributed by atoms with Gasteiger partial charge in [0.25, 0.3) is 5.91 Å². The van der Waals surface area contributed by atoms with Crippen LogP contribution in [0, 0.1) is 5.92 Å². The number of pyridine rings is 1. The highest BCUT2D eigenvalue weighted by molar-refractivity contribution is 5.94. The van der Waals surface area contributed by atoms with Gasteiger partial charge in [-0.25, -0.2) is 4.98 Å². The van der Waals surface area contributed by atoms with Gasteiger partial charge in [-0.2, -0.15) is 0 Å². The maximum atomic E-state index is 12.2. The fraction of sp³-hybridized carbons (Fsp3) is 0.667. The number of likely N-dealkylation sites (tertiary alicyclic amines) is 1. The summed E-state index contributed by atoms with van der Waals surface area (Å²) in [5, 5.41) is 6.38. The molecular weight excluding hydrogens is 304 g/mol. The summed E-state index contributed by atoms with van der Waals surface area (Å²) in [6.45, 7) is 4.72. The van der Waals surface area contributed by atoms with Crippen molar-refractivity contribution < 1.29 is 9.53 Å². The van der Waals surface area contributed by atoms with Crippen LogP contribution in [0.4, 0.5) is 5.82 Å². The Bertz CT molecular complexity index is 522. The highest BCUT2D eigenvalue weighted by atomic mass is 16.5. The molecule has 1 aromatic heterocycles. The molecular formula is C18H28N4O2. The Kier molecular flexibility index (Phi) is 6.04. The smallest absolute Gasteiger partial charge is 0.252 e. The van der Waals surface area contributed by atoms with E-state index in [1.54, 1.807) is 13.3 Å². The van der Waals surface area contributed by atoms with Crippen molar-refractivity contribution in [3.8, 4) is 0 Å². The van der Waals surface area contributed by atoms with Crippen molar-refractivity contribution in [3.63, 3.8) is 0 Å². The first-order valence-corrected chi connectivity index (χ1v) is 8.96. The first-order valence-electron chi connectivity index (χ1n) is 8.96. The molecule has 0 aromatic carbocycles. The van der Waals surface area contributed by atoms with E-state index in [0.717, 1.165) is 51.4 Å². The molecule has 6 nitrogen and oxygen atoms in total. The molecule has 24 heavy (non-hydrogen) atoms. The van der Waals surface area contributed by atoms with Crippen LogP contribution in [0.25, 0.3) is 0 Å². The summed E-state index contributed by atoms with van der Waals surface area (Å²) >= 11 is 0. The molecule has 1 aliphatic carbocycles. The van der Waals surface area contributed by atoms with E-state index in [1.807, 2.05) is 12.1 Å². The molecule has 1 saturated carbocycles. The summed E-state index contributed by atoms with van der Waals surface area (Å²) in [5.74, 6) is 1.40. The van der Waals surface area contributed by atoms with Crippen molar-refractivity contribution >= 4 is 11.7 Å². The predicted octanol–water partition coefficient (Wildman–Crippen LogP) is 1.74. The van der Waals surface area contributed by atoms with E-state index in [4.69, 9.17) is 4.74 Å². The van der Waals surface area contributed by atoms with E-state index in [-0.39, 0.29) is 5.91 Å². The van der Waals surface area contributed by atoms with Gasteiger partial charge in [-0.15, -0.1) is 0 Å². The topological polar surface area (TPSA) is 66.5 Å². The Labute approximate surface area is 144 Å². The van der Waals surface area contributed by atoms with Crippen molar-refractivity contribution in [2.45, 2.75) is 31.7 Å². The van der Waals surface area contributed by atoms with Crippen LogP contribution < -0.4 is 10.6 Å². The van der Waals surface area contributed by atoms with Gasteiger partial charge in [0.1, 0.15) is 5.82 Å². The summed E-state index contributed by atoms with van der Waals surface area (Å²) < 4.78 is 5.12. The van der Waals surface area contributed by atoms with E-state index >= 15 is 0 Å². The summed E-state index contributed by atoms with van der Waals surface area (Å²) in [5.41, 5.74) is 0.633. The number of rotatable bonds is 8. The van der Waals surface area contributed by atoms with Crippen molar-refractivity contribution in [1.29, 1.82) is 0 Å². The zero-order chi connectivity index (χ0) is 16.8. The van der Waals surface area contributed by atoms with Crippen LogP contribution in [-0.2, 0) is 4.74 Å². The summed E-state index contributed by atoms with van der Waals surface area (Å²) in [4.78, 5) is 19.0. The molecule has 6 heteroatoms. The Balaban J connectivity index is 1.37. The normalized spacial score (nSPS) is 19.2. The van der Waals surface area contributed by atoms with Gasteiger partial charge in [0.05, 0.1) is 12.2 Å². The van der Waals surface area contributed by atoms with E-state index in [1.165, 1.54) is 12.8 Å². The number of nitrogens with one attached hydrogen (secondary N) is 2. The number of aromatic nitrogens is 1. The van der Waals surface area contributed by atoms with Gasteiger partial charge >= 0.3 is 0 Å². The quantitative estimate of drug-likeness (QED) is 0.759. The van der Waals surface area contributed by atoms with Gasteiger partial charge in [-0.1, -0.05) is 0 Å². The third-order valence-corrected chi connectivity index (χ3v) is 4.83. The minimum atomic E-state index is -0.0257. The van der Waals surface area contributed by atoms with Crippen LogP contribution in [0.3, 0.4) is 0 Å². The number of carbonyl (C=O) groups excluding carboxylic acids is 1. The molecule has 1 aliphatic heterocycles. The van der Waals surface area contributed by atoms with Gasteiger partial charge in [0.15, 0.2) is 0 Å². The molecule has 0 radical (unpaired) electrons. The van der Waals surface area contributed by atoms with Crippen LogP contribution in [0.15, 0.2) is 18.3 Å². The number of hydrogen-bond donors (Lipinski definition) is 2.